The third-order valence-electron chi connectivity index (χ3n) is 4.23. The van der Waals surface area contributed by atoms with E-state index in [1.807, 2.05) is 24.4 Å². The number of carbonyl (C=O) groups is 1. The first-order valence-electron chi connectivity index (χ1n) is 8.13. The minimum atomic E-state index is -0.803. The fourth-order valence-corrected chi connectivity index (χ4v) is 2.77. The SMILES string of the molecule is COc1ccc(NC(=O)[C@@H](C#N)Cc2c[nH]c3ccc(OC)cc23)cc1. The molecule has 0 spiro atoms. The zero-order valence-corrected chi connectivity index (χ0v) is 14.6. The number of hydrogen-bond acceptors (Lipinski definition) is 4. The summed E-state index contributed by atoms with van der Waals surface area (Å²) in [6.07, 6.45) is 2.14. The highest BCUT2D eigenvalue weighted by Crippen LogP contribution is 2.26. The molecule has 0 aliphatic carbocycles. The first-order chi connectivity index (χ1) is 12.6. The minimum absolute atomic E-state index is 0.311. The first-order valence-corrected chi connectivity index (χ1v) is 8.13. The highest BCUT2D eigenvalue weighted by Gasteiger charge is 2.20. The van der Waals surface area contributed by atoms with Crippen molar-refractivity contribution in [2.24, 2.45) is 5.92 Å². The summed E-state index contributed by atoms with van der Waals surface area (Å²) in [7, 11) is 3.18. The minimum Gasteiger partial charge on any atom is -0.497 e. The van der Waals surface area contributed by atoms with E-state index in [-0.39, 0.29) is 5.91 Å². The van der Waals surface area contributed by atoms with Crippen LogP contribution in [0.2, 0.25) is 0 Å². The lowest BCUT2D eigenvalue weighted by molar-refractivity contribution is -0.118. The Labute approximate surface area is 151 Å². The maximum Gasteiger partial charge on any atom is 0.242 e. The molecule has 0 aliphatic heterocycles. The van der Waals surface area contributed by atoms with Crippen molar-refractivity contribution in [1.29, 1.82) is 5.26 Å². The zero-order valence-electron chi connectivity index (χ0n) is 14.6. The van der Waals surface area contributed by atoms with Gasteiger partial charge in [0.05, 0.1) is 20.3 Å². The van der Waals surface area contributed by atoms with Gasteiger partial charge in [0.25, 0.3) is 0 Å². The molecule has 0 saturated carbocycles. The molecule has 0 fully saturated rings. The van der Waals surface area contributed by atoms with E-state index in [9.17, 15) is 10.1 Å². The Balaban J connectivity index is 1.76. The third kappa shape index (κ3) is 3.62. The molecule has 3 rings (SSSR count). The van der Waals surface area contributed by atoms with Gasteiger partial charge in [0.1, 0.15) is 17.4 Å². The van der Waals surface area contributed by atoms with Gasteiger partial charge in [-0.1, -0.05) is 0 Å². The molecule has 26 heavy (non-hydrogen) atoms. The predicted molar refractivity (Wildman–Crippen MR) is 99.3 cm³/mol. The van der Waals surface area contributed by atoms with Crippen molar-refractivity contribution in [2.45, 2.75) is 6.42 Å². The van der Waals surface area contributed by atoms with Crippen molar-refractivity contribution in [1.82, 2.24) is 4.98 Å². The largest absolute Gasteiger partial charge is 0.497 e. The molecule has 6 heteroatoms. The van der Waals surface area contributed by atoms with Gasteiger partial charge in [-0.25, -0.2) is 0 Å². The van der Waals surface area contributed by atoms with Crippen LogP contribution in [0.25, 0.3) is 10.9 Å². The number of aromatic amines is 1. The van der Waals surface area contributed by atoms with E-state index in [4.69, 9.17) is 9.47 Å². The molecule has 0 saturated heterocycles. The fourth-order valence-electron chi connectivity index (χ4n) is 2.77. The molecule has 132 valence electrons. The number of H-pyrrole nitrogens is 1. The van der Waals surface area contributed by atoms with Crippen molar-refractivity contribution in [3.63, 3.8) is 0 Å². The van der Waals surface area contributed by atoms with Crippen LogP contribution in [-0.2, 0) is 11.2 Å². The Kier molecular flexibility index (Phi) is 5.09. The zero-order chi connectivity index (χ0) is 18.5. The number of methoxy groups -OCH3 is 2. The molecule has 2 aromatic carbocycles. The molecule has 0 bridgehead atoms. The summed E-state index contributed by atoms with van der Waals surface area (Å²) < 4.78 is 10.3. The van der Waals surface area contributed by atoms with Gasteiger partial charge >= 0.3 is 0 Å². The van der Waals surface area contributed by atoms with Crippen molar-refractivity contribution >= 4 is 22.5 Å². The molecular formula is C20H19N3O3. The number of ether oxygens (including phenoxy) is 2. The van der Waals surface area contributed by atoms with E-state index in [2.05, 4.69) is 16.4 Å². The molecule has 0 unspecified atom stereocenters. The summed E-state index contributed by atoms with van der Waals surface area (Å²) >= 11 is 0. The van der Waals surface area contributed by atoms with Crippen molar-refractivity contribution in [2.75, 3.05) is 19.5 Å². The number of nitriles is 1. The predicted octanol–water partition coefficient (Wildman–Crippen LogP) is 3.51. The molecule has 2 N–H and O–H groups in total. The van der Waals surface area contributed by atoms with Crippen molar-refractivity contribution in [3.05, 3.63) is 54.2 Å². The Hall–Kier alpha value is -3.46. The highest BCUT2D eigenvalue weighted by atomic mass is 16.5. The van der Waals surface area contributed by atoms with Gasteiger partial charge in [-0.15, -0.1) is 0 Å². The van der Waals surface area contributed by atoms with Gasteiger partial charge in [0, 0.05) is 22.8 Å². The Bertz CT molecular complexity index is 955. The van der Waals surface area contributed by atoms with E-state index < -0.39 is 5.92 Å². The molecule has 0 aliphatic rings. The van der Waals surface area contributed by atoms with Gasteiger partial charge in [-0.2, -0.15) is 5.26 Å². The normalized spacial score (nSPS) is 11.6. The summed E-state index contributed by atoms with van der Waals surface area (Å²) in [5.41, 5.74) is 2.46. The second-order valence-electron chi connectivity index (χ2n) is 5.83. The van der Waals surface area contributed by atoms with Crippen LogP contribution < -0.4 is 14.8 Å². The smallest absolute Gasteiger partial charge is 0.242 e. The molecule has 1 heterocycles. The number of fused-ring (bicyclic) bond motifs is 1. The van der Waals surface area contributed by atoms with Crippen molar-refractivity contribution < 1.29 is 14.3 Å². The van der Waals surface area contributed by atoms with Gasteiger partial charge in [0.15, 0.2) is 0 Å². The van der Waals surface area contributed by atoms with Crippen molar-refractivity contribution in [3.8, 4) is 17.6 Å². The average Bonchev–Trinajstić information content (AvgIpc) is 3.08. The number of nitrogens with zero attached hydrogens (tertiary/aromatic N) is 1. The van der Waals surface area contributed by atoms with Crippen LogP contribution in [0, 0.1) is 17.2 Å². The van der Waals surface area contributed by atoms with Crippen LogP contribution in [0.5, 0.6) is 11.5 Å². The lowest BCUT2D eigenvalue weighted by Crippen LogP contribution is -2.23. The number of amides is 1. The number of anilines is 1. The number of carbonyl (C=O) groups excluding carboxylic acids is 1. The summed E-state index contributed by atoms with van der Waals surface area (Å²) in [5.74, 6) is 0.291. The fraction of sp³-hybridized carbons (Fsp3) is 0.200. The maximum absolute atomic E-state index is 12.5. The van der Waals surface area contributed by atoms with Gasteiger partial charge in [0.2, 0.25) is 5.91 Å². The quantitative estimate of drug-likeness (QED) is 0.713. The first kappa shape index (κ1) is 17.4. The Morgan fingerprint density at radius 1 is 1.15 bits per heavy atom. The Morgan fingerprint density at radius 3 is 2.50 bits per heavy atom. The molecule has 1 atom stereocenters. The number of aromatic nitrogens is 1. The van der Waals surface area contributed by atoms with Gasteiger partial charge in [-0.05, 0) is 54.4 Å². The van der Waals surface area contributed by atoms with Crippen LogP contribution in [-0.4, -0.2) is 25.1 Å². The lowest BCUT2D eigenvalue weighted by atomic mass is 9.99. The van der Waals surface area contributed by atoms with E-state index >= 15 is 0 Å². The van der Waals surface area contributed by atoms with Crippen LogP contribution in [0.1, 0.15) is 5.56 Å². The number of benzene rings is 2. The van der Waals surface area contributed by atoms with E-state index in [0.29, 0.717) is 17.9 Å². The molecule has 1 amide bonds. The number of rotatable bonds is 6. The monoisotopic (exact) mass is 349 g/mol. The molecule has 0 radical (unpaired) electrons. The third-order valence-corrected chi connectivity index (χ3v) is 4.23. The second kappa shape index (κ2) is 7.62. The summed E-state index contributed by atoms with van der Waals surface area (Å²) in [5, 5.41) is 13.2. The van der Waals surface area contributed by atoms with Gasteiger partial charge in [-0.3, -0.25) is 4.79 Å². The Morgan fingerprint density at radius 2 is 1.85 bits per heavy atom. The number of nitrogens with one attached hydrogen (secondary N) is 2. The van der Waals surface area contributed by atoms with E-state index in [1.54, 1.807) is 38.5 Å². The average molecular weight is 349 g/mol. The van der Waals surface area contributed by atoms with Crippen LogP contribution >= 0.6 is 0 Å². The van der Waals surface area contributed by atoms with Crippen LogP contribution in [0.4, 0.5) is 5.69 Å². The molecular weight excluding hydrogens is 330 g/mol. The summed E-state index contributed by atoms with van der Waals surface area (Å²) in [6.45, 7) is 0. The van der Waals surface area contributed by atoms with Gasteiger partial charge < -0.3 is 19.8 Å². The van der Waals surface area contributed by atoms with Crippen LogP contribution in [0.3, 0.4) is 0 Å². The molecule has 3 aromatic rings. The summed E-state index contributed by atoms with van der Waals surface area (Å²) in [6, 6.07) is 14.8. The molecule has 6 nitrogen and oxygen atoms in total. The maximum atomic E-state index is 12.5. The standard InChI is InChI=1S/C20H19N3O3/c1-25-16-5-3-15(4-6-16)23-20(24)13(11-21)9-14-12-22-19-8-7-17(26-2)10-18(14)19/h3-8,10,12-13,22H,9H2,1-2H3,(H,23,24)/t13-/m1/s1. The van der Waals surface area contributed by atoms with E-state index in [0.717, 1.165) is 22.2 Å². The van der Waals surface area contributed by atoms with E-state index in [1.165, 1.54) is 0 Å². The number of hydrogen-bond donors (Lipinski definition) is 2. The topological polar surface area (TPSA) is 87.1 Å². The highest BCUT2D eigenvalue weighted by molar-refractivity contribution is 5.95. The lowest BCUT2D eigenvalue weighted by Gasteiger charge is -2.10. The summed E-state index contributed by atoms with van der Waals surface area (Å²) in [4.78, 5) is 15.6. The van der Waals surface area contributed by atoms with Crippen LogP contribution in [0.15, 0.2) is 48.7 Å². The second-order valence-corrected chi connectivity index (χ2v) is 5.83. The molecule has 1 aromatic heterocycles.